The highest BCUT2D eigenvalue weighted by Crippen LogP contribution is 2.29. The average molecular weight is 335 g/mol. The van der Waals surface area contributed by atoms with Crippen molar-refractivity contribution in [3.8, 4) is 0 Å². The fourth-order valence-corrected chi connectivity index (χ4v) is 4.03. The van der Waals surface area contributed by atoms with E-state index in [1.54, 1.807) is 11.8 Å². The van der Waals surface area contributed by atoms with E-state index in [0.29, 0.717) is 11.7 Å². The standard InChI is InChI=1S/C15H17N3O2S2/c1-10-5-2-3-6-11(10)9-21-15-18-17-14(22-15)16-13(19)12-7-4-8-20-12/h2-3,5-6,12H,4,7-9H2,1H3,(H,16,17,19)/t12-/m1/s1. The van der Waals surface area contributed by atoms with Crippen molar-refractivity contribution >= 4 is 34.1 Å². The van der Waals surface area contributed by atoms with E-state index in [4.69, 9.17) is 4.74 Å². The summed E-state index contributed by atoms with van der Waals surface area (Å²) in [6.45, 7) is 2.76. The third-order valence-corrected chi connectivity index (χ3v) is 5.49. The normalized spacial score (nSPS) is 17.6. The lowest BCUT2D eigenvalue weighted by Gasteiger charge is -2.07. The van der Waals surface area contributed by atoms with Gasteiger partial charge in [0.05, 0.1) is 0 Å². The number of amides is 1. The lowest BCUT2D eigenvalue weighted by Crippen LogP contribution is -2.26. The number of anilines is 1. The number of nitrogens with zero attached hydrogens (tertiary/aromatic N) is 2. The SMILES string of the molecule is Cc1ccccc1CSc1nnc(NC(=O)[C@H]2CCCO2)s1. The van der Waals surface area contributed by atoms with Crippen molar-refractivity contribution in [2.75, 3.05) is 11.9 Å². The molecular weight excluding hydrogens is 318 g/mol. The van der Waals surface area contributed by atoms with Crippen molar-refractivity contribution in [2.45, 2.75) is 36.0 Å². The van der Waals surface area contributed by atoms with Crippen molar-refractivity contribution in [2.24, 2.45) is 0 Å². The molecule has 1 aromatic heterocycles. The highest BCUT2D eigenvalue weighted by Gasteiger charge is 2.24. The van der Waals surface area contributed by atoms with Crippen molar-refractivity contribution in [1.29, 1.82) is 0 Å². The largest absolute Gasteiger partial charge is 0.368 e. The van der Waals surface area contributed by atoms with Gasteiger partial charge < -0.3 is 4.74 Å². The van der Waals surface area contributed by atoms with Gasteiger partial charge in [0.1, 0.15) is 6.10 Å². The van der Waals surface area contributed by atoms with Gasteiger partial charge in [-0.15, -0.1) is 10.2 Å². The molecule has 0 radical (unpaired) electrons. The Balaban J connectivity index is 1.55. The van der Waals surface area contributed by atoms with Gasteiger partial charge in [0.2, 0.25) is 5.13 Å². The van der Waals surface area contributed by atoms with E-state index in [9.17, 15) is 4.79 Å². The van der Waals surface area contributed by atoms with Crippen LogP contribution in [0.2, 0.25) is 0 Å². The molecule has 116 valence electrons. The third-order valence-electron chi connectivity index (χ3n) is 3.47. The fourth-order valence-electron chi connectivity index (χ4n) is 2.20. The number of carbonyl (C=O) groups excluding carboxylic acids is 1. The van der Waals surface area contributed by atoms with E-state index in [1.807, 2.05) is 12.1 Å². The lowest BCUT2D eigenvalue weighted by molar-refractivity contribution is -0.124. The van der Waals surface area contributed by atoms with E-state index in [0.717, 1.165) is 22.9 Å². The summed E-state index contributed by atoms with van der Waals surface area (Å²) in [7, 11) is 0. The molecule has 0 saturated carbocycles. The van der Waals surface area contributed by atoms with Crippen LogP contribution in [-0.2, 0) is 15.3 Å². The number of carbonyl (C=O) groups is 1. The number of ether oxygens (including phenoxy) is 1. The second-order valence-corrected chi connectivity index (χ2v) is 7.28. The molecule has 1 saturated heterocycles. The zero-order chi connectivity index (χ0) is 15.4. The van der Waals surface area contributed by atoms with Gasteiger partial charge >= 0.3 is 0 Å². The molecule has 1 N–H and O–H groups in total. The van der Waals surface area contributed by atoms with E-state index in [-0.39, 0.29) is 12.0 Å². The van der Waals surface area contributed by atoms with Gasteiger partial charge in [0, 0.05) is 12.4 Å². The van der Waals surface area contributed by atoms with Crippen LogP contribution >= 0.6 is 23.1 Å². The molecule has 0 unspecified atom stereocenters. The van der Waals surface area contributed by atoms with Crippen LogP contribution in [0.1, 0.15) is 24.0 Å². The topological polar surface area (TPSA) is 64.1 Å². The molecule has 1 aliphatic heterocycles. The van der Waals surface area contributed by atoms with E-state index in [2.05, 4.69) is 34.6 Å². The number of aromatic nitrogens is 2. The maximum absolute atomic E-state index is 11.9. The highest BCUT2D eigenvalue weighted by molar-refractivity contribution is 8.00. The first-order valence-corrected chi connectivity index (χ1v) is 8.96. The van der Waals surface area contributed by atoms with Crippen LogP contribution in [0.15, 0.2) is 28.6 Å². The fraction of sp³-hybridized carbons (Fsp3) is 0.400. The maximum Gasteiger partial charge on any atom is 0.255 e. The summed E-state index contributed by atoms with van der Waals surface area (Å²) in [6, 6.07) is 8.29. The van der Waals surface area contributed by atoms with Crippen LogP contribution in [0.5, 0.6) is 0 Å². The average Bonchev–Trinajstić information content (AvgIpc) is 3.18. The summed E-state index contributed by atoms with van der Waals surface area (Å²) in [5.41, 5.74) is 2.55. The Hall–Kier alpha value is -1.44. The van der Waals surface area contributed by atoms with E-state index in [1.165, 1.54) is 22.5 Å². The van der Waals surface area contributed by atoms with Crippen molar-refractivity contribution in [3.05, 3.63) is 35.4 Å². The van der Waals surface area contributed by atoms with Crippen LogP contribution in [0.4, 0.5) is 5.13 Å². The molecule has 7 heteroatoms. The van der Waals surface area contributed by atoms with Gasteiger partial charge in [-0.05, 0) is 30.9 Å². The summed E-state index contributed by atoms with van der Waals surface area (Å²) in [5, 5.41) is 11.5. The number of benzene rings is 1. The van der Waals surface area contributed by atoms with Crippen LogP contribution < -0.4 is 5.32 Å². The monoisotopic (exact) mass is 335 g/mol. The van der Waals surface area contributed by atoms with Crippen molar-refractivity contribution in [1.82, 2.24) is 10.2 Å². The molecule has 3 rings (SSSR count). The predicted molar refractivity (Wildman–Crippen MR) is 88.3 cm³/mol. The van der Waals surface area contributed by atoms with Crippen molar-refractivity contribution < 1.29 is 9.53 Å². The minimum atomic E-state index is -0.341. The molecule has 1 aliphatic rings. The molecule has 5 nitrogen and oxygen atoms in total. The first kappa shape index (κ1) is 15.5. The molecule has 0 bridgehead atoms. The van der Waals surface area contributed by atoms with Gasteiger partial charge in [-0.1, -0.05) is 47.4 Å². The second-order valence-electron chi connectivity index (χ2n) is 5.08. The van der Waals surface area contributed by atoms with Crippen LogP contribution in [0.3, 0.4) is 0 Å². The number of hydrogen-bond acceptors (Lipinski definition) is 6. The molecule has 0 spiro atoms. The molecule has 1 fully saturated rings. The minimum Gasteiger partial charge on any atom is -0.368 e. The zero-order valence-corrected chi connectivity index (χ0v) is 13.9. The molecule has 0 aliphatic carbocycles. The molecular formula is C15H17N3O2S2. The molecule has 22 heavy (non-hydrogen) atoms. The Morgan fingerprint density at radius 2 is 2.32 bits per heavy atom. The van der Waals surface area contributed by atoms with Gasteiger partial charge in [-0.2, -0.15) is 0 Å². The maximum atomic E-state index is 11.9. The number of rotatable bonds is 5. The van der Waals surface area contributed by atoms with Crippen LogP contribution in [-0.4, -0.2) is 28.8 Å². The van der Waals surface area contributed by atoms with Crippen LogP contribution in [0, 0.1) is 6.92 Å². The first-order valence-electron chi connectivity index (χ1n) is 7.15. The Kier molecular flexibility index (Phi) is 5.07. The zero-order valence-electron chi connectivity index (χ0n) is 12.2. The van der Waals surface area contributed by atoms with E-state index >= 15 is 0 Å². The summed E-state index contributed by atoms with van der Waals surface area (Å²) < 4.78 is 6.20. The van der Waals surface area contributed by atoms with Gasteiger partial charge in [-0.25, -0.2) is 0 Å². The highest BCUT2D eigenvalue weighted by atomic mass is 32.2. The summed E-state index contributed by atoms with van der Waals surface area (Å²) in [5.74, 6) is 0.727. The first-order chi connectivity index (χ1) is 10.7. The Labute approximate surface area is 137 Å². The number of thioether (sulfide) groups is 1. The van der Waals surface area contributed by atoms with Crippen LogP contribution in [0.25, 0.3) is 0 Å². The van der Waals surface area contributed by atoms with Gasteiger partial charge in [0.25, 0.3) is 5.91 Å². The summed E-state index contributed by atoms with van der Waals surface area (Å²) in [6.07, 6.45) is 1.37. The molecule has 2 aromatic rings. The quantitative estimate of drug-likeness (QED) is 0.671. The summed E-state index contributed by atoms with van der Waals surface area (Å²) in [4.78, 5) is 11.9. The second kappa shape index (κ2) is 7.21. The number of hydrogen-bond donors (Lipinski definition) is 1. The Morgan fingerprint density at radius 1 is 1.45 bits per heavy atom. The molecule has 2 heterocycles. The number of nitrogens with one attached hydrogen (secondary N) is 1. The minimum absolute atomic E-state index is 0.121. The van der Waals surface area contributed by atoms with E-state index < -0.39 is 0 Å². The van der Waals surface area contributed by atoms with Crippen molar-refractivity contribution in [3.63, 3.8) is 0 Å². The lowest BCUT2D eigenvalue weighted by atomic mass is 10.1. The predicted octanol–water partition coefficient (Wildman–Crippen LogP) is 3.26. The Morgan fingerprint density at radius 3 is 3.09 bits per heavy atom. The number of aryl methyl sites for hydroxylation is 1. The van der Waals surface area contributed by atoms with Gasteiger partial charge in [0.15, 0.2) is 4.34 Å². The third kappa shape index (κ3) is 3.85. The molecule has 1 amide bonds. The molecule has 1 aromatic carbocycles. The summed E-state index contributed by atoms with van der Waals surface area (Å²) >= 11 is 3.03. The Bertz CT molecular complexity index is 654. The smallest absolute Gasteiger partial charge is 0.255 e. The van der Waals surface area contributed by atoms with Gasteiger partial charge in [-0.3, -0.25) is 10.1 Å². The molecule has 1 atom stereocenters.